The van der Waals surface area contributed by atoms with Crippen LogP contribution in [-0.2, 0) is 0 Å². The Bertz CT molecular complexity index is 1320. The van der Waals surface area contributed by atoms with Gasteiger partial charge in [0.25, 0.3) is 0 Å². The highest BCUT2D eigenvalue weighted by molar-refractivity contribution is 5.59. The minimum absolute atomic E-state index is 0.418. The first kappa shape index (κ1) is 24.5. The summed E-state index contributed by atoms with van der Waals surface area (Å²) in [6.45, 7) is 3.90. The smallest absolute Gasteiger partial charge is 0.223 e. The molecule has 1 aliphatic heterocycles. The molecule has 1 aliphatic carbocycles. The van der Waals surface area contributed by atoms with Crippen LogP contribution in [0.15, 0.2) is 65.4 Å². The van der Waals surface area contributed by atoms with Crippen molar-refractivity contribution in [2.45, 2.75) is 57.9 Å². The second-order valence-electron chi connectivity index (χ2n) is 10.7. The summed E-state index contributed by atoms with van der Waals surface area (Å²) in [6.07, 6.45) is 12.4. The second kappa shape index (κ2) is 11.3. The molecule has 8 heteroatoms. The Morgan fingerprint density at radius 2 is 1.82 bits per heavy atom. The van der Waals surface area contributed by atoms with Crippen molar-refractivity contribution in [3.63, 3.8) is 0 Å². The van der Waals surface area contributed by atoms with Crippen LogP contribution in [-0.4, -0.2) is 44.2 Å². The topological polar surface area (TPSA) is 92.9 Å². The Labute approximate surface area is 223 Å². The molecule has 0 unspecified atom stereocenters. The lowest BCUT2D eigenvalue weighted by molar-refractivity contribution is 0.246. The number of nitrogens with zero attached hydrogens (tertiary/aromatic N) is 6. The minimum atomic E-state index is 0.418. The van der Waals surface area contributed by atoms with Crippen molar-refractivity contribution in [2.24, 2.45) is 11.8 Å². The maximum atomic E-state index is 5.11. The van der Waals surface area contributed by atoms with Crippen molar-refractivity contribution in [2.75, 3.05) is 23.3 Å². The van der Waals surface area contributed by atoms with Crippen LogP contribution in [0.5, 0.6) is 0 Å². The Balaban J connectivity index is 1.10. The van der Waals surface area contributed by atoms with Gasteiger partial charge in [-0.25, -0.2) is 15.0 Å². The van der Waals surface area contributed by atoms with Crippen LogP contribution in [0.25, 0.3) is 22.6 Å². The fraction of sp³-hybridized carbons (Fsp3) is 0.433. The van der Waals surface area contributed by atoms with E-state index in [1.165, 1.54) is 44.9 Å². The standard InChI is InChI=1S/C30H35N7O/c1-21-33-29(36-38-21)25-13-14-28(32-19-25)37-17-7-8-22(20-37)18-24-11-5-6-12-26(24)34-30-31-16-15-27(35-30)23-9-3-2-4-10-23/h2-4,9-10,13-16,19,22,24,26H,5-8,11-12,17-18,20H2,1H3,(H,31,34,35)/t22-,24+,26-/m1/s1. The summed E-state index contributed by atoms with van der Waals surface area (Å²) in [5.74, 6) is 4.22. The van der Waals surface area contributed by atoms with Crippen LogP contribution in [0.1, 0.15) is 50.8 Å². The first-order valence-electron chi connectivity index (χ1n) is 13.9. The minimum Gasteiger partial charge on any atom is -0.356 e. The molecule has 1 aromatic carbocycles. The van der Waals surface area contributed by atoms with E-state index in [0.717, 1.165) is 41.7 Å². The summed E-state index contributed by atoms with van der Waals surface area (Å²) < 4.78 is 5.11. The Morgan fingerprint density at radius 3 is 2.63 bits per heavy atom. The first-order valence-corrected chi connectivity index (χ1v) is 13.9. The molecule has 3 atom stereocenters. The van der Waals surface area contributed by atoms with Gasteiger partial charge in [-0.2, -0.15) is 4.98 Å². The summed E-state index contributed by atoms with van der Waals surface area (Å²) >= 11 is 0. The van der Waals surface area contributed by atoms with Crippen molar-refractivity contribution in [3.05, 3.63) is 66.8 Å². The molecular formula is C30H35N7O. The van der Waals surface area contributed by atoms with E-state index in [-0.39, 0.29) is 0 Å². The third-order valence-corrected chi connectivity index (χ3v) is 7.96. The highest BCUT2D eigenvalue weighted by atomic mass is 16.5. The van der Waals surface area contributed by atoms with Gasteiger partial charge in [0, 0.05) is 49.6 Å². The molecule has 6 rings (SSSR count). The number of nitrogens with one attached hydrogen (secondary N) is 1. The molecule has 196 valence electrons. The van der Waals surface area contributed by atoms with Crippen LogP contribution in [0.2, 0.25) is 0 Å². The number of piperidine rings is 1. The Hall–Kier alpha value is -3.81. The van der Waals surface area contributed by atoms with Crippen molar-refractivity contribution in [1.29, 1.82) is 0 Å². The molecule has 8 nitrogen and oxygen atoms in total. The fourth-order valence-corrected chi connectivity index (χ4v) is 6.06. The van der Waals surface area contributed by atoms with Crippen LogP contribution < -0.4 is 10.2 Å². The number of benzene rings is 1. The Morgan fingerprint density at radius 1 is 0.921 bits per heavy atom. The van der Waals surface area contributed by atoms with E-state index in [4.69, 9.17) is 14.5 Å². The van der Waals surface area contributed by atoms with E-state index in [9.17, 15) is 0 Å². The number of hydrogen-bond acceptors (Lipinski definition) is 8. The maximum Gasteiger partial charge on any atom is 0.223 e. The third kappa shape index (κ3) is 5.69. The maximum absolute atomic E-state index is 5.11. The number of hydrogen-bond donors (Lipinski definition) is 1. The number of aromatic nitrogens is 5. The lowest BCUT2D eigenvalue weighted by atomic mass is 9.77. The quantitative estimate of drug-likeness (QED) is 0.316. The molecular weight excluding hydrogens is 474 g/mol. The summed E-state index contributed by atoms with van der Waals surface area (Å²) in [6, 6.07) is 16.9. The molecule has 4 heterocycles. The lowest BCUT2D eigenvalue weighted by Crippen LogP contribution is -2.40. The first-order chi connectivity index (χ1) is 18.7. The third-order valence-electron chi connectivity index (χ3n) is 7.96. The van der Waals surface area contributed by atoms with Gasteiger partial charge in [-0.3, -0.25) is 0 Å². The van der Waals surface area contributed by atoms with E-state index >= 15 is 0 Å². The van der Waals surface area contributed by atoms with Gasteiger partial charge < -0.3 is 14.7 Å². The normalized spacial score (nSPS) is 21.8. The van der Waals surface area contributed by atoms with E-state index in [2.05, 4.69) is 43.5 Å². The predicted octanol–water partition coefficient (Wildman–Crippen LogP) is 6.17. The van der Waals surface area contributed by atoms with Gasteiger partial charge in [-0.1, -0.05) is 48.3 Å². The van der Waals surface area contributed by atoms with Crippen LogP contribution in [0.3, 0.4) is 0 Å². The molecule has 38 heavy (non-hydrogen) atoms. The number of aryl methyl sites for hydroxylation is 1. The summed E-state index contributed by atoms with van der Waals surface area (Å²) in [5.41, 5.74) is 2.97. The summed E-state index contributed by atoms with van der Waals surface area (Å²) in [5, 5.41) is 7.74. The van der Waals surface area contributed by atoms with Crippen molar-refractivity contribution >= 4 is 11.8 Å². The van der Waals surface area contributed by atoms with Gasteiger partial charge in [0.2, 0.25) is 17.7 Å². The zero-order valence-corrected chi connectivity index (χ0v) is 22.0. The molecule has 2 aliphatic rings. The van der Waals surface area contributed by atoms with Gasteiger partial charge in [-0.05, 0) is 62.1 Å². The zero-order chi connectivity index (χ0) is 25.7. The Kier molecular flexibility index (Phi) is 7.29. The fourth-order valence-electron chi connectivity index (χ4n) is 6.06. The average molecular weight is 510 g/mol. The van der Waals surface area contributed by atoms with Crippen molar-refractivity contribution in [3.8, 4) is 22.6 Å². The van der Waals surface area contributed by atoms with E-state index < -0.39 is 0 Å². The average Bonchev–Trinajstić information content (AvgIpc) is 3.41. The van der Waals surface area contributed by atoms with Crippen LogP contribution in [0, 0.1) is 18.8 Å². The molecule has 0 amide bonds. The van der Waals surface area contributed by atoms with Gasteiger partial charge in [0.05, 0.1) is 5.69 Å². The van der Waals surface area contributed by atoms with Gasteiger partial charge >= 0.3 is 0 Å². The van der Waals surface area contributed by atoms with Gasteiger partial charge in [-0.15, -0.1) is 0 Å². The molecule has 0 radical (unpaired) electrons. The van der Waals surface area contributed by atoms with E-state index in [1.807, 2.05) is 42.7 Å². The highest BCUT2D eigenvalue weighted by Gasteiger charge is 2.30. The van der Waals surface area contributed by atoms with Gasteiger partial charge in [0.1, 0.15) is 5.82 Å². The number of rotatable bonds is 7. The molecule has 1 saturated carbocycles. The number of pyridine rings is 1. The molecule has 0 bridgehead atoms. The molecule has 1 saturated heterocycles. The van der Waals surface area contributed by atoms with Crippen LogP contribution >= 0.6 is 0 Å². The summed E-state index contributed by atoms with van der Waals surface area (Å²) in [4.78, 5) is 20.9. The largest absolute Gasteiger partial charge is 0.356 e. The highest BCUT2D eigenvalue weighted by Crippen LogP contribution is 2.35. The monoisotopic (exact) mass is 509 g/mol. The lowest BCUT2D eigenvalue weighted by Gasteiger charge is -2.38. The van der Waals surface area contributed by atoms with Gasteiger partial charge in [0.15, 0.2) is 0 Å². The summed E-state index contributed by atoms with van der Waals surface area (Å²) in [7, 11) is 0. The van der Waals surface area contributed by atoms with Crippen molar-refractivity contribution < 1.29 is 4.52 Å². The molecule has 0 spiro atoms. The predicted molar refractivity (Wildman–Crippen MR) is 149 cm³/mol. The second-order valence-corrected chi connectivity index (χ2v) is 10.7. The van der Waals surface area contributed by atoms with E-state index in [0.29, 0.717) is 29.6 Å². The number of anilines is 2. The van der Waals surface area contributed by atoms with E-state index in [1.54, 1.807) is 6.92 Å². The molecule has 1 N–H and O–H groups in total. The molecule has 3 aromatic heterocycles. The molecule has 2 fully saturated rings. The van der Waals surface area contributed by atoms with Crippen LogP contribution in [0.4, 0.5) is 11.8 Å². The SMILES string of the molecule is Cc1nc(-c2ccc(N3CCC[C@H](C[C@@H]4CCCC[C@H]4Nc4nccc(-c5ccccc5)n4)C3)nc2)no1. The zero-order valence-electron chi connectivity index (χ0n) is 22.0. The molecule has 4 aromatic rings. The van der Waals surface area contributed by atoms with Crippen molar-refractivity contribution in [1.82, 2.24) is 25.1 Å².